The van der Waals surface area contributed by atoms with E-state index in [4.69, 9.17) is 5.73 Å². The van der Waals surface area contributed by atoms with Gasteiger partial charge in [0.2, 0.25) is 0 Å². The maximum absolute atomic E-state index is 13.9. The number of guanidine groups is 1. The molecule has 1 aliphatic rings. The molecule has 2 aromatic carbocycles. The molecule has 1 heterocycles. The van der Waals surface area contributed by atoms with Gasteiger partial charge in [0.1, 0.15) is 0 Å². The Morgan fingerprint density at radius 1 is 1.11 bits per heavy atom. The van der Waals surface area contributed by atoms with Crippen molar-refractivity contribution in [1.29, 1.82) is 0 Å². The van der Waals surface area contributed by atoms with Crippen molar-refractivity contribution in [1.82, 2.24) is 4.90 Å². The number of halogens is 4. The quantitative estimate of drug-likeness (QED) is 0.760. The number of hydrogen-bond acceptors (Lipinski definition) is 3. The van der Waals surface area contributed by atoms with Crippen molar-refractivity contribution in [2.45, 2.75) is 31.2 Å². The van der Waals surface area contributed by atoms with Crippen LogP contribution in [0.4, 0.5) is 17.6 Å². The standard InChI is InChI=1S/C21H21F4N3/c1-12-18(13-5-7-14(8-6-13)21(3,24)25)20(2,27-19(26)28(12)4)15-9-10-16(22)17(23)11-15/h5-11,18H,1H2,2-4H3,(H2,26,27)/t18-,20+/m0/s1. The highest BCUT2D eigenvalue weighted by atomic mass is 19.3. The van der Waals surface area contributed by atoms with Gasteiger partial charge in [0.25, 0.3) is 5.92 Å². The van der Waals surface area contributed by atoms with Crippen LogP contribution >= 0.6 is 0 Å². The summed E-state index contributed by atoms with van der Waals surface area (Å²) in [5.41, 5.74) is 6.43. The normalized spacial score (nSPS) is 23.0. The van der Waals surface area contributed by atoms with Crippen LogP contribution in [0.25, 0.3) is 0 Å². The summed E-state index contributed by atoms with van der Waals surface area (Å²) >= 11 is 0. The third-order valence-corrected chi connectivity index (χ3v) is 5.27. The van der Waals surface area contributed by atoms with E-state index in [0.29, 0.717) is 16.8 Å². The minimum absolute atomic E-state index is 0.122. The Morgan fingerprint density at radius 2 is 1.71 bits per heavy atom. The Labute approximate surface area is 161 Å². The fourth-order valence-corrected chi connectivity index (χ4v) is 3.57. The minimum atomic E-state index is -2.97. The molecule has 0 amide bonds. The first-order chi connectivity index (χ1) is 12.9. The van der Waals surface area contributed by atoms with Crippen molar-refractivity contribution >= 4 is 5.96 Å². The second-order valence-electron chi connectivity index (χ2n) is 7.24. The van der Waals surface area contributed by atoms with E-state index in [1.807, 2.05) is 0 Å². The second-order valence-corrected chi connectivity index (χ2v) is 7.24. The molecule has 0 spiro atoms. The maximum Gasteiger partial charge on any atom is 0.270 e. The van der Waals surface area contributed by atoms with Crippen LogP contribution in [-0.4, -0.2) is 17.9 Å². The zero-order valence-electron chi connectivity index (χ0n) is 15.8. The van der Waals surface area contributed by atoms with Crippen LogP contribution in [0.15, 0.2) is 59.7 Å². The lowest BCUT2D eigenvalue weighted by Crippen LogP contribution is -2.47. The molecular formula is C21H21F4N3. The molecule has 0 fully saturated rings. The molecule has 2 N–H and O–H groups in total. The summed E-state index contributed by atoms with van der Waals surface area (Å²) in [6, 6.07) is 9.38. The number of aliphatic imine (C=N–C) groups is 1. The minimum Gasteiger partial charge on any atom is -0.370 e. The Hall–Kier alpha value is -2.83. The average Bonchev–Trinajstić information content (AvgIpc) is 2.62. The van der Waals surface area contributed by atoms with Crippen LogP contribution in [-0.2, 0) is 11.5 Å². The smallest absolute Gasteiger partial charge is 0.270 e. The largest absolute Gasteiger partial charge is 0.370 e. The molecule has 1 aliphatic heterocycles. The van der Waals surface area contributed by atoms with Gasteiger partial charge < -0.3 is 10.6 Å². The van der Waals surface area contributed by atoms with E-state index in [9.17, 15) is 17.6 Å². The molecule has 3 rings (SSSR count). The number of alkyl halides is 2. The van der Waals surface area contributed by atoms with Crippen LogP contribution in [0.3, 0.4) is 0 Å². The summed E-state index contributed by atoms with van der Waals surface area (Å²) in [6.45, 7) is 6.64. The molecule has 0 saturated carbocycles. The number of likely N-dealkylation sites (N-methyl/N-ethyl adjacent to an activating group) is 1. The molecule has 2 atom stereocenters. The predicted molar refractivity (Wildman–Crippen MR) is 101 cm³/mol. The summed E-state index contributed by atoms with van der Waals surface area (Å²) in [4.78, 5) is 6.13. The van der Waals surface area contributed by atoms with Gasteiger partial charge in [0.15, 0.2) is 17.6 Å². The van der Waals surface area contributed by atoms with E-state index in [2.05, 4.69) is 11.6 Å². The van der Waals surface area contributed by atoms with Gasteiger partial charge in [-0.2, -0.15) is 0 Å². The Kier molecular flexibility index (Phi) is 4.73. The molecule has 3 nitrogen and oxygen atoms in total. The third-order valence-electron chi connectivity index (χ3n) is 5.27. The van der Waals surface area contributed by atoms with E-state index < -0.39 is 29.0 Å². The van der Waals surface area contributed by atoms with E-state index in [1.165, 1.54) is 18.2 Å². The lowest BCUT2D eigenvalue weighted by Gasteiger charge is -2.44. The fourth-order valence-electron chi connectivity index (χ4n) is 3.57. The Balaban J connectivity index is 2.17. The lowest BCUT2D eigenvalue weighted by molar-refractivity contribution is 0.0174. The van der Waals surface area contributed by atoms with Crippen LogP contribution in [0.5, 0.6) is 0 Å². The molecule has 0 aliphatic carbocycles. The van der Waals surface area contributed by atoms with E-state index >= 15 is 0 Å². The summed E-state index contributed by atoms with van der Waals surface area (Å²) in [5, 5.41) is 0. The summed E-state index contributed by atoms with van der Waals surface area (Å²) < 4.78 is 54.5. The average molecular weight is 391 g/mol. The molecule has 28 heavy (non-hydrogen) atoms. The fraction of sp³-hybridized carbons (Fsp3) is 0.286. The predicted octanol–water partition coefficient (Wildman–Crippen LogP) is 4.85. The highest BCUT2D eigenvalue weighted by molar-refractivity contribution is 5.82. The van der Waals surface area contributed by atoms with E-state index in [-0.39, 0.29) is 11.5 Å². The Morgan fingerprint density at radius 3 is 2.25 bits per heavy atom. The third kappa shape index (κ3) is 3.25. The van der Waals surface area contributed by atoms with Gasteiger partial charge in [0, 0.05) is 25.2 Å². The zero-order chi connectivity index (χ0) is 20.9. The van der Waals surface area contributed by atoms with Crippen molar-refractivity contribution in [2.24, 2.45) is 10.7 Å². The molecule has 0 unspecified atom stereocenters. The number of rotatable bonds is 3. The van der Waals surface area contributed by atoms with Crippen molar-refractivity contribution in [3.8, 4) is 0 Å². The number of nitrogens with zero attached hydrogens (tertiary/aromatic N) is 2. The van der Waals surface area contributed by atoms with E-state index in [0.717, 1.165) is 19.1 Å². The molecule has 148 valence electrons. The van der Waals surface area contributed by atoms with Crippen molar-refractivity contribution in [3.63, 3.8) is 0 Å². The van der Waals surface area contributed by atoms with Gasteiger partial charge >= 0.3 is 0 Å². The first-order valence-corrected chi connectivity index (χ1v) is 8.67. The lowest BCUT2D eigenvalue weighted by atomic mass is 9.73. The molecule has 0 saturated heterocycles. The number of nitrogens with two attached hydrogens (primary N) is 1. The topological polar surface area (TPSA) is 41.6 Å². The van der Waals surface area contributed by atoms with Crippen molar-refractivity contribution in [2.75, 3.05) is 7.05 Å². The molecule has 0 bridgehead atoms. The number of benzene rings is 2. The zero-order valence-corrected chi connectivity index (χ0v) is 15.8. The van der Waals surface area contributed by atoms with Gasteiger partial charge in [-0.15, -0.1) is 0 Å². The highest BCUT2D eigenvalue weighted by Crippen LogP contribution is 2.48. The first kappa shape index (κ1) is 19.9. The van der Waals surface area contributed by atoms with Crippen LogP contribution in [0.2, 0.25) is 0 Å². The second kappa shape index (κ2) is 6.65. The van der Waals surface area contributed by atoms with Gasteiger partial charge in [-0.1, -0.05) is 36.9 Å². The maximum atomic E-state index is 13.9. The van der Waals surface area contributed by atoms with Gasteiger partial charge in [-0.3, -0.25) is 0 Å². The van der Waals surface area contributed by atoms with Gasteiger partial charge in [-0.05, 0) is 30.2 Å². The first-order valence-electron chi connectivity index (χ1n) is 8.67. The molecule has 7 heteroatoms. The Bertz CT molecular complexity index is 947. The van der Waals surface area contributed by atoms with Crippen molar-refractivity contribution < 1.29 is 17.6 Å². The summed E-state index contributed by atoms with van der Waals surface area (Å²) in [7, 11) is 1.69. The van der Waals surface area contributed by atoms with Gasteiger partial charge in [-0.25, -0.2) is 22.6 Å². The molecular weight excluding hydrogens is 370 g/mol. The summed E-state index contributed by atoms with van der Waals surface area (Å²) in [5.74, 6) is -5.29. The van der Waals surface area contributed by atoms with E-state index in [1.54, 1.807) is 31.0 Å². The SMILES string of the molecule is C=C1[C@@H](c2ccc(C(C)(F)F)cc2)[C@@](C)(c2ccc(F)c(F)c2)N=C(N)N1C. The molecule has 2 aromatic rings. The number of hydrogen-bond donors (Lipinski definition) is 1. The molecule has 0 radical (unpaired) electrons. The highest BCUT2D eigenvalue weighted by Gasteiger charge is 2.44. The molecule has 0 aromatic heterocycles. The van der Waals surface area contributed by atoms with Crippen molar-refractivity contribution in [3.05, 3.63) is 83.1 Å². The summed E-state index contributed by atoms with van der Waals surface area (Å²) in [6.07, 6.45) is 0. The van der Waals surface area contributed by atoms with Crippen LogP contribution in [0, 0.1) is 11.6 Å². The van der Waals surface area contributed by atoms with Crippen LogP contribution < -0.4 is 5.73 Å². The van der Waals surface area contributed by atoms with Gasteiger partial charge in [0.05, 0.1) is 11.5 Å². The monoisotopic (exact) mass is 391 g/mol. The van der Waals surface area contributed by atoms with Crippen LogP contribution in [0.1, 0.15) is 36.5 Å².